The summed E-state index contributed by atoms with van der Waals surface area (Å²) in [5, 5.41) is 2.45. The number of hydrogen-bond donors (Lipinski definition) is 1. The van der Waals surface area contributed by atoms with Gasteiger partial charge in [0.15, 0.2) is 0 Å². The number of halogens is 1. The van der Waals surface area contributed by atoms with Crippen molar-refractivity contribution in [2.24, 2.45) is 0 Å². The van der Waals surface area contributed by atoms with E-state index in [0.29, 0.717) is 23.3 Å². The van der Waals surface area contributed by atoms with Crippen molar-refractivity contribution >= 4 is 39.2 Å². The Kier molecular flexibility index (Phi) is 4.79. The fraction of sp³-hybridized carbons (Fsp3) is 0.143. The van der Waals surface area contributed by atoms with E-state index in [1.54, 1.807) is 29.2 Å². The Labute approximate surface area is 165 Å². The number of amides is 1. The maximum absolute atomic E-state index is 13.0. The third kappa shape index (κ3) is 3.34. The zero-order valence-corrected chi connectivity index (χ0v) is 15.9. The molecule has 4 rings (SSSR count). The van der Waals surface area contributed by atoms with Crippen molar-refractivity contribution in [3.63, 3.8) is 0 Å². The average Bonchev–Trinajstić information content (AvgIpc) is 2.71. The van der Waals surface area contributed by atoms with Crippen molar-refractivity contribution in [2.75, 3.05) is 6.54 Å². The second-order valence-corrected chi connectivity index (χ2v) is 6.73. The molecule has 2 heterocycles. The minimum atomic E-state index is -0.272. The molecule has 0 saturated heterocycles. The molecule has 1 N–H and O–H groups in total. The first-order chi connectivity index (χ1) is 13.6. The largest absolute Gasteiger partial charge is 0.330 e. The van der Waals surface area contributed by atoms with Gasteiger partial charge in [-0.05, 0) is 30.5 Å². The number of H-pyrrole nitrogens is 1. The van der Waals surface area contributed by atoms with Crippen LogP contribution in [0.15, 0.2) is 59.4 Å². The number of aromatic amines is 1. The van der Waals surface area contributed by atoms with E-state index in [9.17, 15) is 9.59 Å². The number of hydrogen-bond acceptors (Lipinski definition) is 4. The summed E-state index contributed by atoms with van der Waals surface area (Å²) in [6.45, 7) is 2.46. The predicted molar refractivity (Wildman–Crippen MR) is 110 cm³/mol. The van der Waals surface area contributed by atoms with Crippen LogP contribution in [0.25, 0.3) is 21.7 Å². The highest BCUT2D eigenvalue weighted by atomic mass is 35.5. The van der Waals surface area contributed by atoms with Gasteiger partial charge < -0.3 is 9.88 Å². The highest BCUT2D eigenvalue weighted by Crippen LogP contribution is 2.23. The summed E-state index contributed by atoms with van der Waals surface area (Å²) in [5.74, 6) is 0.150. The highest BCUT2D eigenvalue weighted by Gasteiger charge is 2.19. The molecule has 0 radical (unpaired) electrons. The number of nitrogens with one attached hydrogen (secondary N) is 1. The maximum Gasteiger partial charge on any atom is 0.272 e. The Hall–Kier alpha value is -3.25. The molecule has 0 fully saturated rings. The SMILES string of the molecule is CCN(Cc1nc2ccccc2c(=O)[nH]1)C(=O)c1cc2ccccc2c(Cl)n1. The Balaban J connectivity index is 1.68. The van der Waals surface area contributed by atoms with Gasteiger partial charge in [-0.25, -0.2) is 9.97 Å². The predicted octanol–water partition coefficient (Wildman–Crippen LogP) is 3.79. The molecule has 0 aliphatic carbocycles. The summed E-state index contributed by atoms with van der Waals surface area (Å²) in [6, 6.07) is 16.3. The number of nitrogens with zero attached hydrogens (tertiary/aromatic N) is 3. The molecule has 0 saturated carbocycles. The van der Waals surface area contributed by atoms with E-state index in [1.165, 1.54) is 0 Å². The van der Waals surface area contributed by atoms with E-state index in [4.69, 9.17) is 11.6 Å². The molecule has 28 heavy (non-hydrogen) atoms. The molecule has 140 valence electrons. The van der Waals surface area contributed by atoms with E-state index in [0.717, 1.165) is 10.8 Å². The van der Waals surface area contributed by atoms with Crippen LogP contribution in [-0.4, -0.2) is 32.3 Å². The number of carbonyl (C=O) groups excluding carboxylic acids is 1. The molecule has 0 aliphatic rings. The Morgan fingerprint density at radius 1 is 1.07 bits per heavy atom. The summed E-state index contributed by atoms with van der Waals surface area (Å²) in [7, 11) is 0. The van der Waals surface area contributed by atoms with Gasteiger partial charge in [0.25, 0.3) is 11.5 Å². The van der Waals surface area contributed by atoms with Gasteiger partial charge in [-0.3, -0.25) is 9.59 Å². The van der Waals surface area contributed by atoms with Crippen LogP contribution in [0.4, 0.5) is 0 Å². The van der Waals surface area contributed by atoms with Gasteiger partial charge in [-0.1, -0.05) is 48.0 Å². The molecule has 0 aliphatic heterocycles. The van der Waals surface area contributed by atoms with Crippen LogP contribution in [0.5, 0.6) is 0 Å². The summed E-state index contributed by atoms with van der Waals surface area (Å²) in [6.07, 6.45) is 0. The normalized spacial score (nSPS) is 11.1. The monoisotopic (exact) mass is 392 g/mol. The molecule has 1 amide bonds. The highest BCUT2D eigenvalue weighted by molar-refractivity contribution is 6.34. The minimum Gasteiger partial charge on any atom is -0.330 e. The molecule has 0 atom stereocenters. The topological polar surface area (TPSA) is 79.0 Å². The zero-order chi connectivity index (χ0) is 19.7. The fourth-order valence-electron chi connectivity index (χ4n) is 3.15. The van der Waals surface area contributed by atoms with Gasteiger partial charge in [-0.15, -0.1) is 0 Å². The summed E-state index contributed by atoms with van der Waals surface area (Å²) < 4.78 is 0. The summed E-state index contributed by atoms with van der Waals surface area (Å²) in [5.41, 5.74) is 0.626. The number of pyridine rings is 1. The van der Waals surface area contributed by atoms with Crippen LogP contribution in [0.2, 0.25) is 5.15 Å². The van der Waals surface area contributed by atoms with Crippen molar-refractivity contribution in [3.8, 4) is 0 Å². The van der Waals surface area contributed by atoms with Crippen molar-refractivity contribution in [2.45, 2.75) is 13.5 Å². The second-order valence-electron chi connectivity index (χ2n) is 6.37. The van der Waals surface area contributed by atoms with Crippen LogP contribution in [-0.2, 0) is 6.54 Å². The molecule has 0 unspecified atom stereocenters. The Morgan fingerprint density at radius 2 is 1.79 bits per heavy atom. The van der Waals surface area contributed by atoms with Gasteiger partial charge in [0.2, 0.25) is 0 Å². The van der Waals surface area contributed by atoms with Crippen LogP contribution >= 0.6 is 11.6 Å². The Morgan fingerprint density at radius 3 is 2.57 bits per heavy atom. The first-order valence-corrected chi connectivity index (χ1v) is 9.27. The maximum atomic E-state index is 13.0. The molecular weight excluding hydrogens is 376 g/mol. The lowest BCUT2D eigenvalue weighted by Gasteiger charge is -2.20. The number of carbonyl (C=O) groups is 1. The van der Waals surface area contributed by atoms with E-state index in [2.05, 4.69) is 15.0 Å². The van der Waals surface area contributed by atoms with E-state index < -0.39 is 0 Å². The smallest absolute Gasteiger partial charge is 0.272 e. The van der Waals surface area contributed by atoms with Crippen molar-refractivity contribution in [1.82, 2.24) is 19.9 Å². The van der Waals surface area contributed by atoms with Gasteiger partial charge >= 0.3 is 0 Å². The zero-order valence-electron chi connectivity index (χ0n) is 15.1. The van der Waals surface area contributed by atoms with Crippen molar-refractivity contribution in [1.29, 1.82) is 0 Å². The second kappa shape index (κ2) is 7.40. The molecule has 2 aromatic carbocycles. The van der Waals surface area contributed by atoms with E-state index >= 15 is 0 Å². The molecule has 7 heteroatoms. The third-order valence-corrected chi connectivity index (χ3v) is 4.87. The fourth-order valence-corrected chi connectivity index (χ4v) is 3.41. The number of fused-ring (bicyclic) bond motifs is 2. The summed E-state index contributed by atoms with van der Waals surface area (Å²) in [4.78, 5) is 38.3. The standard InChI is InChI=1S/C21H17ClN4O2/c1-2-26(12-18-23-16-10-6-5-9-15(16)20(27)25-18)21(28)17-11-13-7-3-4-8-14(13)19(22)24-17/h3-11H,2,12H2,1H3,(H,23,25,27). The Bertz CT molecular complexity index is 1250. The lowest BCUT2D eigenvalue weighted by molar-refractivity contribution is 0.0742. The minimum absolute atomic E-state index is 0.168. The molecule has 2 aromatic heterocycles. The van der Waals surface area contributed by atoms with E-state index in [-0.39, 0.29) is 28.9 Å². The van der Waals surface area contributed by atoms with Crippen molar-refractivity contribution in [3.05, 3.63) is 81.6 Å². The van der Waals surface area contributed by atoms with Gasteiger partial charge in [-0.2, -0.15) is 0 Å². The van der Waals surface area contributed by atoms with Crippen molar-refractivity contribution < 1.29 is 4.79 Å². The lowest BCUT2D eigenvalue weighted by Crippen LogP contribution is -2.32. The number of rotatable bonds is 4. The molecule has 0 spiro atoms. The quantitative estimate of drug-likeness (QED) is 0.536. The summed E-state index contributed by atoms with van der Waals surface area (Å²) >= 11 is 6.26. The molecule has 0 bridgehead atoms. The first-order valence-electron chi connectivity index (χ1n) is 8.89. The lowest BCUT2D eigenvalue weighted by atomic mass is 10.1. The molecule has 6 nitrogen and oxygen atoms in total. The van der Waals surface area contributed by atoms with Crippen LogP contribution < -0.4 is 5.56 Å². The van der Waals surface area contributed by atoms with E-state index in [1.807, 2.05) is 37.3 Å². The van der Waals surface area contributed by atoms with Crippen LogP contribution in [0, 0.1) is 0 Å². The number of benzene rings is 2. The van der Waals surface area contributed by atoms with Gasteiger partial charge in [0.05, 0.1) is 17.4 Å². The number of para-hydroxylation sites is 1. The average molecular weight is 393 g/mol. The third-order valence-electron chi connectivity index (χ3n) is 4.58. The molecule has 4 aromatic rings. The number of aromatic nitrogens is 3. The van der Waals surface area contributed by atoms with Crippen LogP contribution in [0.3, 0.4) is 0 Å². The first kappa shape index (κ1) is 18.1. The van der Waals surface area contributed by atoms with Gasteiger partial charge in [0.1, 0.15) is 16.7 Å². The van der Waals surface area contributed by atoms with Gasteiger partial charge in [0, 0.05) is 11.9 Å². The molecular formula is C21H17ClN4O2. The van der Waals surface area contributed by atoms with Crippen LogP contribution in [0.1, 0.15) is 23.2 Å².